The molecule has 148 valence electrons. The maximum atomic E-state index is 13.0. The van der Waals surface area contributed by atoms with Gasteiger partial charge in [-0.15, -0.1) is 21.5 Å². The molecule has 0 fully saturated rings. The molecule has 29 heavy (non-hydrogen) atoms. The standard InChI is InChI=1S/C19H18N6O2S2/c1-24-16(27)15-11-6-2-3-7-12(11)29-17(15)25-18(24)22-23-19(25)28-10-14(26)21-13-8-4-5-9-20-13/h4-5,8-9H,2-3,6-7,10H2,1H3,(H,20,21,26). The Morgan fingerprint density at radius 2 is 2.14 bits per heavy atom. The van der Waals surface area contributed by atoms with E-state index in [9.17, 15) is 9.59 Å². The molecule has 0 spiro atoms. The molecular weight excluding hydrogens is 408 g/mol. The molecular formula is C19H18N6O2S2. The van der Waals surface area contributed by atoms with Crippen molar-refractivity contribution in [3.05, 3.63) is 45.2 Å². The molecule has 4 aromatic heterocycles. The Bertz CT molecular complexity index is 1290. The number of thiophene rings is 1. The zero-order valence-electron chi connectivity index (χ0n) is 15.7. The highest BCUT2D eigenvalue weighted by atomic mass is 32.2. The lowest BCUT2D eigenvalue weighted by molar-refractivity contribution is -0.113. The maximum Gasteiger partial charge on any atom is 0.263 e. The molecule has 5 rings (SSSR count). The predicted octanol–water partition coefficient (Wildman–Crippen LogP) is 2.65. The number of carbonyl (C=O) groups excluding carboxylic acids is 1. The molecule has 4 heterocycles. The second-order valence-corrected chi connectivity index (χ2v) is 8.95. The minimum atomic E-state index is -0.169. The highest BCUT2D eigenvalue weighted by Gasteiger charge is 2.24. The van der Waals surface area contributed by atoms with Crippen molar-refractivity contribution in [1.82, 2.24) is 24.1 Å². The fraction of sp³-hybridized carbons (Fsp3) is 0.316. The smallest absolute Gasteiger partial charge is 0.263 e. The number of rotatable bonds is 4. The third-order valence-corrected chi connectivity index (χ3v) is 7.26. The number of hydrogen-bond donors (Lipinski definition) is 1. The van der Waals surface area contributed by atoms with Crippen LogP contribution in [0.15, 0.2) is 34.3 Å². The third-order valence-electron chi connectivity index (χ3n) is 5.06. The summed E-state index contributed by atoms with van der Waals surface area (Å²) in [6.45, 7) is 0. The van der Waals surface area contributed by atoms with E-state index >= 15 is 0 Å². The molecule has 1 aliphatic rings. The molecule has 10 heteroatoms. The topological polar surface area (TPSA) is 94.2 Å². The van der Waals surface area contributed by atoms with Gasteiger partial charge in [0.2, 0.25) is 11.7 Å². The van der Waals surface area contributed by atoms with E-state index < -0.39 is 0 Å². The van der Waals surface area contributed by atoms with E-state index in [4.69, 9.17) is 0 Å². The van der Waals surface area contributed by atoms with Crippen molar-refractivity contribution in [3.63, 3.8) is 0 Å². The molecule has 0 aromatic carbocycles. The second-order valence-electron chi connectivity index (χ2n) is 6.93. The fourth-order valence-electron chi connectivity index (χ4n) is 3.68. The normalized spacial score (nSPS) is 13.7. The summed E-state index contributed by atoms with van der Waals surface area (Å²) in [5.41, 5.74) is 1.15. The van der Waals surface area contributed by atoms with Crippen LogP contribution in [0.3, 0.4) is 0 Å². The summed E-state index contributed by atoms with van der Waals surface area (Å²) in [5.74, 6) is 1.01. The number of nitrogens with zero attached hydrogens (tertiary/aromatic N) is 5. The van der Waals surface area contributed by atoms with Crippen molar-refractivity contribution >= 4 is 50.8 Å². The molecule has 0 bridgehead atoms. The first-order chi connectivity index (χ1) is 14.1. The molecule has 0 unspecified atom stereocenters. The van der Waals surface area contributed by atoms with Gasteiger partial charge in [-0.2, -0.15) is 0 Å². The Balaban J connectivity index is 1.52. The van der Waals surface area contributed by atoms with E-state index in [0.29, 0.717) is 16.8 Å². The fourth-order valence-corrected chi connectivity index (χ4v) is 5.85. The Morgan fingerprint density at radius 1 is 1.28 bits per heavy atom. The minimum Gasteiger partial charge on any atom is -0.310 e. The quantitative estimate of drug-likeness (QED) is 0.504. The maximum absolute atomic E-state index is 13.0. The Labute approximate surface area is 174 Å². The first-order valence-corrected chi connectivity index (χ1v) is 11.2. The monoisotopic (exact) mass is 426 g/mol. The largest absolute Gasteiger partial charge is 0.310 e. The average molecular weight is 427 g/mol. The highest BCUT2D eigenvalue weighted by Crippen LogP contribution is 2.36. The summed E-state index contributed by atoms with van der Waals surface area (Å²) in [7, 11) is 1.72. The molecule has 0 atom stereocenters. The van der Waals surface area contributed by atoms with Gasteiger partial charge < -0.3 is 5.32 Å². The lowest BCUT2D eigenvalue weighted by Crippen LogP contribution is -2.20. The molecule has 1 amide bonds. The molecule has 1 aliphatic carbocycles. The number of hydrogen-bond acceptors (Lipinski definition) is 7. The van der Waals surface area contributed by atoms with Crippen LogP contribution in [0.2, 0.25) is 0 Å². The zero-order chi connectivity index (χ0) is 20.0. The second kappa shape index (κ2) is 7.27. The number of thioether (sulfide) groups is 1. The Morgan fingerprint density at radius 3 is 2.97 bits per heavy atom. The Kier molecular flexibility index (Phi) is 4.59. The Hall–Kier alpha value is -2.72. The van der Waals surface area contributed by atoms with Crippen molar-refractivity contribution in [2.24, 2.45) is 7.05 Å². The first kappa shape index (κ1) is 18.3. The molecule has 0 aliphatic heterocycles. The third kappa shape index (κ3) is 3.12. The number of fused-ring (bicyclic) bond motifs is 5. The van der Waals surface area contributed by atoms with Gasteiger partial charge in [0.1, 0.15) is 10.6 Å². The lowest BCUT2D eigenvalue weighted by Gasteiger charge is -2.10. The van der Waals surface area contributed by atoms with Gasteiger partial charge in [0.05, 0.1) is 11.1 Å². The number of amides is 1. The molecule has 4 aromatic rings. The van der Waals surface area contributed by atoms with Gasteiger partial charge in [0.15, 0.2) is 5.16 Å². The first-order valence-electron chi connectivity index (χ1n) is 9.35. The number of aryl methyl sites for hydroxylation is 3. The number of aromatic nitrogens is 5. The van der Waals surface area contributed by atoms with Crippen LogP contribution in [-0.4, -0.2) is 35.8 Å². The van der Waals surface area contributed by atoms with Gasteiger partial charge in [-0.05, 0) is 43.4 Å². The molecule has 8 nitrogen and oxygen atoms in total. The summed E-state index contributed by atoms with van der Waals surface area (Å²) in [6, 6.07) is 5.35. The number of anilines is 1. The van der Waals surface area contributed by atoms with Crippen molar-refractivity contribution in [1.29, 1.82) is 0 Å². The number of nitrogens with one attached hydrogen (secondary N) is 1. The summed E-state index contributed by atoms with van der Waals surface area (Å²) < 4.78 is 3.47. The molecule has 1 N–H and O–H groups in total. The van der Waals surface area contributed by atoms with Gasteiger partial charge >= 0.3 is 0 Å². The number of carbonyl (C=O) groups is 1. The van der Waals surface area contributed by atoms with E-state index in [0.717, 1.165) is 35.9 Å². The lowest BCUT2D eigenvalue weighted by atomic mass is 9.97. The van der Waals surface area contributed by atoms with E-state index in [1.807, 2.05) is 10.5 Å². The van der Waals surface area contributed by atoms with Crippen molar-refractivity contribution in [2.45, 2.75) is 30.8 Å². The summed E-state index contributed by atoms with van der Waals surface area (Å²) in [4.78, 5) is 31.5. The van der Waals surface area contributed by atoms with Crippen LogP contribution < -0.4 is 10.9 Å². The van der Waals surface area contributed by atoms with Crippen molar-refractivity contribution in [3.8, 4) is 0 Å². The van der Waals surface area contributed by atoms with Crippen molar-refractivity contribution in [2.75, 3.05) is 11.1 Å². The van der Waals surface area contributed by atoms with Crippen LogP contribution in [0.5, 0.6) is 0 Å². The van der Waals surface area contributed by atoms with Crippen LogP contribution in [0.1, 0.15) is 23.3 Å². The van der Waals surface area contributed by atoms with Gasteiger partial charge in [0.25, 0.3) is 5.56 Å². The molecule has 0 radical (unpaired) electrons. The van der Waals surface area contributed by atoms with Gasteiger partial charge in [0, 0.05) is 18.1 Å². The van der Waals surface area contributed by atoms with Crippen LogP contribution >= 0.6 is 23.1 Å². The van der Waals surface area contributed by atoms with E-state index in [-0.39, 0.29) is 17.2 Å². The van der Waals surface area contributed by atoms with Gasteiger partial charge in [-0.1, -0.05) is 17.8 Å². The van der Waals surface area contributed by atoms with Crippen LogP contribution in [0.25, 0.3) is 16.0 Å². The zero-order valence-corrected chi connectivity index (χ0v) is 17.3. The minimum absolute atomic E-state index is 0.0243. The van der Waals surface area contributed by atoms with Crippen molar-refractivity contribution < 1.29 is 4.79 Å². The SMILES string of the molecule is Cn1c(=O)c2c3c(sc2n2c(SCC(=O)Nc4ccccn4)nnc12)CCCC3. The average Bonchev–Trinajstić information content (AvgIpc) is 3.33. The highest BCUT2D eigenvalue weighted by molar-refractivity contribution is 7.99. The predicted molar refractivity (Wildman–Crippen MR) is 114 cm³/mol. The number of pyridine rings is 1. The molecule has 0 saturated carbocycles. The summed E-state index contributed by atoms with van der Waals surface area (Å²) in [6.07, 6.45) is 5.84. The summed E-state index contributed by atoms with van der Waals surface area (Å²) in [5, 5.41) is 12.6. The van der Waals surface area contributed by atoms with Crippen LogP contribution in [0.4, 0.5) is 5.82 Å². The van der Waals surface area contributed by atoms with Crippen LogP contribution in [0, 0.1) is 0 Å². The summed E-state index contributed by atoms with van der Waals surface area (Å²) >= 11 is 2.95. The van der Waals surface area contributed by atoms with Gasteiger partial charge in [-0.3, -0.25) is 14.2 Å². The van der Waals surface area contributed by atoms with E-state index in [1.54, 1.807) is 41.3 Å². The van der Waals surface area contributed by atoms with E-state index in [1.165, 1.54) is 22.2 Å². The van der Waals surface area contributed by atoms with Crippen LogP contribution in [-0.2, 0) is 24.7 Å². The van der Waals surface area contributed by atoms with E-state index in [2.05, 4.69) is 20.5 Å². The van der Waals surface area contributed by atoms with Gasteiger partial charge in [-0.25, -0.2) is 9.38 Å². The molecule has 0 saturated heterocycles.